The van der Waals surface area contributed by atoms with Crippen LogP contribution in [0, 0.1) is 0 Å². The first-order valence-electron chi connectivity index (χ1n) is 5.14. The van der Waals surface area contributed by atoms with Gasteiger partial charge in [-0.2, -0.15) is 0 Å². The lowest BCUT2D eigenvalue weighted by Crippen LogP contribution is -2.31. The van der Waals surface area contributed by atoms with Gasteiger partial charge in [-0.1, -0.05) is 26.0 Å². The Morgan fingerprint density at radius 1 is 1.40 bits per heavy atom. The van der Waals surface area contributed by atoms with Crippen molar-refractivity contribution in [1.29, 1.82) is 0 Å². The Kier molecular flexibility index (Phi) is 4.18. The van der Waals surface area contributed by atoms with Crippen LogP contribution in [0.4, 0.5) is 0 Å². The summed E-state index contributed by atoms with van der Waals surface area (Å²) in [4.78, 5) is 0. The van der Waals surface area contributed by atoms with Crippen molar-refractivity contribution in [1.82, 2.24) is 0 Å². The molecule has 0 amide bonds. The van der Waals surface area contributed by atoms with Gasteiger partial charge in [0, 0.05) is 5.46 Å². The zero-order valence-corrected chi connectivity index (χ0v) is 9.40. The molecule has 2 N–H and O–H groups in total. The Morgan fingerprint density at radius 2 is 2.07 bits per heavy atom. The van der Waals surface area contributed by atoms with E-state index in [4.69, 9.17) is 4.74 Å². The van der Waals surface area contributed by atoms with E-state index in [9.17, 15) is 10.0 Å². The summed E-state index contributed by atoms with van der Waals surface area (Å²) in [6.07, 6.45) is 1.02. The number of hydrogen-bond acceptors (Lipinski definition) is 3. The van der Waals surface area contributed by atoms with Gasteiger partial charge in [0.2, 0.25) is 0 Å². The van der Waals surface area contributed by atoms with E-state index in [1.165, 1.54) is 7.11 Å². The van der Waals surface area contributed by atoms with Crippen LogP contribution >= 0.6 is 0 Å². The topological polar surface area (TPSA) is 49.7 Å². The molecule has 1 aromatic rings. The van der Waals surface area contributed by atoms with Crippen molar-refractivity contribution in [2.45, 2.75) is 26.2 Å². The Labute approximate surface area is 90.9 Å². The normalized spacial score (nSPS) is 12.3. The van der Waals surface area contributed by atoms with Gasteiger partial charge < -0.3 is 14.8 Å². The molecule has 1 unspecified atom stereocenters. The maximum absolute atomic E-state index is 9.19. The van der Waals surface area contributed by atoms with Gasteiger partial charge in [0.1, 0.15) is 5.75 Å². The molecule has 0 saturated heterocycles. The first-order valence-corrected chi connectivity index (χ1v) is 5.14. The molecule has 1 atom stereocenters. The average Bonchev–Trinajstić information content (AvgIpc) is 2.27. The predicted octanol–water partition coefficient (Wildman–Crippen LogP) is 0.888. The number of benzene rings is 1. The summed E-state index contributed by atoms with van der Waals surface area (Å²) < 4.78 is 5.06. The van der Waals surface area contributed by atoms with Crippen molar-refractivity contribution < 1.29 is 14.8 Å². The number of ether oxygens (including phenoxy) is 1. The van der Waals surface area contributed by atoms with E-state index in [0.29, 0.717) is 17.1 Å². The molecule has 0 aliphatic carbocycles. The fraction of sp³-hybridized carbons (Fsp3) is 0.455. The van der Waals surface area contributed by atoms with Gasteiger partial charge in [-0.05, 0) is 24.0 Å². The molecule has 0 aliphatic heterocycles. The fourth-order valence-corrected chi connectivity index (χ4v) is 1.50. The molecular formula is C11H17BO3. The Bertz CT molecular complexity index is 326. The van der Waals surface area contributed by atoms with Crippen molar-refractivity contribution in [2.75, 3.05) is 7.11 Å². The van der Waals surface area contributed by atoms with Crippen LogP contribution in [0.15, 0.2) is 18.2 Å². The second kappa shape index (κ2) is 5.19. The van der Waals surface area contributed by atoms with Crippen LogP contribution < -0.4 is 10.2 Å². The maximum Gasteiger partial charge on any atom is 0.492 e. The highest BCUT2D eigenvalue weighted by Crippen LogP contribution is 2.20. The number of hydrogen-bond donors (Lipinski definition) is 2. The molecule has 0 bridgehead atoms. The molecule has 0 spiro atoms. The SMILES string of the molecule is CCC(C)c1ccc(OC)c(B(O)O)c1. The van der Waals surface area contributed by atoms with E-state index in [-0.39, 0.29) is 0 Å². The molecule has 0 radical (unpaired) electrons. The lowest BCUT2D eigenvalue weighted by atomic mass is 9.77. The fourth-order valence-electron chi connectivity index (χ4n) is 1.50. The highest BCUT2D eigenvalue weighted by molar-refractivity contribution is 6.59. The lowest BCUT2D eigenvalue weighted by molar-refractivity contribution is 0.403. The highest BCUT2D eigenvalue weighted by Gasteiger charge is 2.18. The van der Waals surface area contributed by atoms with E-state index in [2.05, 4.69) is 13.8 Å². The molecule has 15 heavy (non-hydrogen) atoms. The van der Waals surface area contributed by atoms with Gasteiger partial charge in [-0.15, -0.1) is 0 Å². The van der Waals surface area contributed by atoms with E-state index < -0.39 is 7.12 Å². The van der Waals surface area contributed by atoms with Crippen molar-refractivity contribution in [3.8, 4) is 5.75 Å². The summed E-state index contributed by atoms with van der Waals surface area (Å²) in [5.41, 5.74) is 1.52. The molecule has 4 heteroatoms. The third kappa shape index (κ3) is 2.73. The van der Waals surface area contributed by atoms with E-state index in [0.717, 1.165) is 12.0 Å². The van der Waals surface area contributed by atoms with Gasteiger partial charge >= 0.3 is 7.12 Å². The van der Waals surface area contributed by atoms with Gasteiger partial charge in [0.15, 0.2) is 0 Å². The molecule has 3 nitrogen and oxygen atoms in total. The van der Waals surface area contributed by atoms with Gasteiger partial charge in [0.05, 0.1) is 7.11 Å². The van der Waals surface area contributed by atoms with Crippen LogP contribution in [0.3, 0.4) is 0 Å². The second-order valence-corrected chi connectivity index (χ2v) is 3.68. The monoisotopic (exact) mass is 208 g/mol. The van der Waals surface area contributed by atoms with Crippen molar-refractivity contribution in [3.05, 3.63) is 23.8 Å². The lowest BCUT2D eigenvalue weighted by Gasteiger charge is -2.13. The second-order valence-electron chi connectivity index (χ2n) is 3.68. The molecule has 1 aromatic carbocycles. The van der Waals surface area contributed by atoms with Crippen LogP contribution in [-0.4, -0.2) is 24.3 Å². The van der Waals surface area contributed by atoms with Crippen molar-refractivity contribution >= 4 is 12.6 Å². The van der Waals surface area contributed by atoms with Gasteiger partial charge in [0.25, 0.3) is 0 Å². The van der Waals surface area contributed by atoms with Crippen molar-refractivity contribution in [3.63, 3.8) is 0 Å². The van der Waals surface area contributed by atoms with E-state index in [1.54, 1.807) is 12.1 Å². The van der Waals surface area contributed by atoms with Crippen LogP contribution in [-0.2, 0) is 0 Å². The predicted molar refractivity (Wildman–Crippen MR) is 61.5 cm³/mol. The third-order valence-corrected chi connectivity index (χ3v) is 2.71. The van der Waals surface area contributed by atoms with Crippen molar-refractivity contribution in [2.24, 2.45) is 0 Å². The molecule has 0 fully saturated rings. The van der Waals surface area contributed by atoms with Crippen LogP contribution in [0.5, 0.6) is 5.75 Å². The molecule has 0 aromatic heterocycles. The molecule has 1 rings (SSSR count). The smallest absolute Gasteiger partial charge is 0.492 e. The zero-order valence-electron chi connectivity index (χ0n) is 9.40. The summed E-state index contributed by atoms with van der Waals surface area (Å²) in [5, 5.41) is 18.4. The minimum atomic E-state index is -1.48. The van der Waals surface area contributed by atoms with Gasteiger partial charge in [-0.25, -0.2) is 0 Å². The number of rotatable bonds is 4. The summed E-state index contributed by atoms with van der Waals surface area (Å²) in [6, 6.07) is 5.52. The summed E-state index contributed by atoms with van der Waals surface area (Å²) >= 11 is 0. The molecule has 0 heterocycles. The average molecular weight is 208 g/mol. The Morgan fingerprint density at radius 3 is 2.53 bits per heavy atom. The molecule has 0 saturated carbocycles. The Hall–Kier alpha value is -0.995. The minimum Gasteiger partial charge on any atom is -0.497 e. The zero-order chi connectivity index (χ0) is 11.4. The minimum absolute atomic E-state index is 0.411. The summed E-state index contributed by atoms with van der Waals surface area (Å²) in [6.45, 7) is 4.21. The molecule has 82 valence electrons. The first-order chi connectivity index (χ1) is 7.10. The maximum atomic E-state index is 9.19. The van der Waals surface area contributed by atoms with Crippen LogP contribution in [0.2, 0.25) is 0 Å². The third-order valence-electron chi connectivity index (χ3n) is 2.71. The van der Waals surface area contributed by atoms with Crippen LogP contribution in [0.1, 0.15) is 31.7 Å². The van der Waals surface area contributed by atoms with E-state index in [1.807, 2.05) is 6.07 Å². The molecular weight excluding hydrogens is 191 g/mol. The van der Waals surface area contributed by atoms with Gasteiger partial charge in [-0.3, -0.25) is 0 Å². The Balaban J connectivity index is 3.10. The largest absolute Gasteiger partial charge is 0.497 e. The van der Waals surface area contributed by atoms with E-state index >= 15 is 0 Å². The summed E-state index contributed by atoms with van der Waals surface area (Å²) in [7, 11) is 0.0355. The van der Waals surface area contributed by atoms with Crippen LogP contribution in [0.25, 0.3) is 0 Å². The highest BCUT2D eigenvalue weighted by atomic mass is 16.5. The summed E-state index contributed by atoms with van der Waals surface area (Å²) in [5.74, 6) is 0.922. The quantitative estimate of drug-likeness (QED) is 0.722. The molecule has 0 aliphatic rings. The first kappa shape index (κ1) is 12.1. The standard InChI is InChI=1S/C11H17BO3/c1-4-8(2)9-5-6-11(15-3)10(7-9)12(13)14/h5-8,13-14H,4H2,1-3H3. The number of methoxy groups -OCH3 is 1.